The van der Waals surface area contributed by atoms with Crippen LogP contribution in [-0.4, -0.2) is 74.4 Å². The van der Waals surface area contributed by atoms with E-state index in [0.717, 1.165) is 49.6 Å². The molecule has 0 amide bonds. The molecule has 0 atom stereocenters. The predicted octanol–water partition coefficient (Wildman–Crippen LogP) is 0.784. The van der Waals surface area contributed by atoms with Crippen molar-refractivity contribution >= 4 is 22.8 Å². The van der Waals surface area contributed by atoms with Crippen molar-refractivity contribution in [3.8, 4) is 5.75 Å². The molecule has 0 saturated carbocycles. The lowest BCUT2D eigenvalue weighted by Gasteiger charge is -2.34. The van der Waals surface area contributed by atoms with E-state index in [1.54, 1.807) is 13.4 Å². The molecular formula is C21H27ClN6O3. The molecule has 0 radical (unpaired) electrons. The van der Waals surface area contributed by atoms with Gasteiger partial charge in [-0.05, 0) is 12.1 Å². The number of aryl methyl sites for hydroxylation is 1. The van der Waals surface area contributed by atoms with Gasteiger partial charge in [0, 0.05) is 59.9 Å². The molecule has 0 unspecified atom stereocenters. The third kappa shape index (κ3) is 4.53. The van der Waals surface area contributed by atoms with Crippen LogP contribution in [0.5, 0.6) is 5.75 Å². The number of aromatic nitrogens is 4. The molecule has 1 saturated heterocycles. The monoisotopic (exact) mass is 446 g/mol. The Morgan fingerprint density at radius 1 is 0.968 bits per heavy atom. The molecule has 0 aliphatic carbocycles. The van der Waals surface area contributed by atoms with Gasteiger partial charge in [-0.1, -0.05) is 23.7 Å². The molecule has 3 heterocycles. The van der Waals surface area contributed by atoms with Gasteiger partial charge in [0.2, 0.25) is 0 Å². The molecule has 2 aromatic heterocycles. The Kier molecular flexibility index (Phi) is 6.45. The molecular weight excluding hydrogens is 420 g/mol. The second-order valence-electron chi connectivity index (χ2n) is 7.78. The van der Waals surface area contributed by atoms with Gasteiger partial charge in [0.05, 0.1) is 11.3 Å². The van der Waals surface area contributed by atoms with E-state index >= 15 is 0 Å². The van der Waals surface area contributed by atoms with Crippen LogP contribution in [0.4, 0.5) is 0 Å². The van der Waals surface area contributed by atoms with Gasteiger partial charge in [0.15, 0.2) is 11.2 Å². The number of imidazole rings is 1. The Morgan fingerprint density at radius 2 is 1.65 bits per heavy atom. The highest BCUT2D eigenvalue weighted by atomic mass is 35.5. The molecule has 1 aliphatic heterocycles. The number of rotatable bonds is 7. The average Bonchev–Trinajstić information content (AvgIpc) is 3.21. The van der Waals surface area contributed by atoms with Gasteiger partial charge in [-0.3, -0.25) is 23.7 Å². The SMILES string of the molecule is Cn1c(=O)c2c(ncn2CCN2CCN(CCOc3ccccc3Cl)CC2)n(C)c1=O. The van der Waals surface area contributed by atoms with Crippen molar-refractivity contribution in [2.45, 2.75) is 6.54 Å². The van der Waals surface area contributed by atoms with Gasteiger partial charge >= 0.3 is 5.69 Å². The van der Waals surface area contributed by atoms with Crippen molar-refractivity contribution in [1.82, 2.24) is 28.5 Å². The van der Waals surface area contributed by atoms with Crippen molar-refractivity contribution in [1.29, 1.82) is 0 Å². The van der Waals surface area contributed by atoms with Crippen LogP contribution in [0.1, 0.15) is 0 Å². The van der Waals surface area contributed by atoms with Crippen LogP contribution in [0.2, 0.25) is 5.02 Å². The number of halogens is 1. The molecule has 0 spiro atoms. The zero-order valence-electron chi connectivity index (χ0n) is 17.8. The number of fused-ring (bicyclic) bond motifs is 1. The van der Waals surface area contributed by atoms with Crippen LogP contribution in [0.25, 0.3) is 11.2 Å². The number of hydrogen-bond acceptors (Lipinski definition) is 6. The molecule has 0 N–H and O–H groups in total. The van der Waals surface area contributed by atoms with Gasteiger partial charge < -0.3 is 9.30 Å². The number of ether oxygens (including phenoxy) is 1. The quantitative estimate of drug-likeness (QED) is 0.534. The van der Waals surface area contributed by atoms with E-state index in [0.29, 0.717) is 29.3 Å². The Balaban J connectivity index is 1.28. The molecule has 31 heavy (non-hydrogen) atoms. The summed E-state index contributed by atoms with van der Waals surface area (Å²) in [5, 5.41) is 0.634. The first kappa shape index (κ1) is 21.6. The topological polar surface area (TPSA) is 77.5 Å². The van der Waals surface area contributed by atoms with Crippen molar-refractivity contribution in [2.75, 3.05) is 45.9 Å². The summed E-state index contributed by atoms with van der Waals surface area (Å²) in [7, 11) is 3.13. The molecule has 3 aromatic rings. The van der Waals surface area contributed by atoms with Crippen molar-refractivity contribution in [2.24, 2.45) is 14.1 Å². The summed E-state index contributed by atoms with van der Waals surface area (Å²) in [6.45, 7) is 6.77. The maximum atomic E-state index is 12.5. The average molecular weight is 447 g/mol. The number of hydrogen-bond donors (Lipinski definition) is 0. The van der Waals surface area contributed by atoms with Crippen LogP contribution in [-0.2, 0) is 20.6 Å². The third-order valence-corrected chi connectivity index (χ3v) is 6.15. The number of para-hydroxylation sites is 1. The fourth-order valence-electron chi connectivity index (χ4n) is 3.90. The molecule has 0 bridgehead atoms. The Hall–Kier alpha value is -2.62. The molecule has 9 nitrogen and oxygen atoms in total. The van der Waals surface area contributed by atoms with Crippen LogP contribution in [0, 0.1) is 0 Å². The highest BCUT2D eigenvalue weighted by Gasteiger charge is 2.18. The van der Waals surface area contributed by atoms with E-state index in [1.807, 2.05) is 28.8 Å². The summed E-state index contributed by atoms with van der Waals surface area (Å²) in [6.07, 6.45) is 1.65. The van der Waals surface area contributed by atoms with Crippen LogP contribution < -0.4 is 16.0 Å². The van der Waals surface area contributed by atoms with Gasteiger partial charge in [-0.2, -0.15) is 0 Å². The summed E-state index contributed by atoms with van der Waals surface area (Å²) in [5.41, 5.74) is 0.229. The van der Waals surface area contributed by atoms with Gasteiger partial charge in [0.1, 0.15) is 12.4 Å². The summed E-state index contributed by atoms with van der Waals surface area (Å²) in [6, 6.07) is 7.51. The maximum absolute atomic E-state index is 12.5. The fraction of sp³-hybridized carbons (Fsp3) is 0.476. The van der Waals surface area contributed by atoms with E-state index in [9.17, 15) is 9.59 Å². The molecule has 1 fully saturated rings. The number of benzene rings is 1. The maximum Gasteiger partial charge on any atom is 0.332 e. The van der Waals surface area contributed by atoms with Gasteiger partial charge in [0.25, 0.3) is 5.56 Å². The molecule has 1 aliphatic rings. The van der Waals surface area contributed by atoms with E-state index in [2.05, 4.69) is 14.8 Å². The summed E-state index contributed by atoms with van der Waals surface area (Å²) in [4.78, 5) is 33.7. The molecule has 10 heteroatoms. The second kappa shape index (κ2) is 9.25. The Bertz CT molecular complexity index is 1180. The minimum Gasteiger partial charge on any atom is -0.491 e. The molecule has 166 valence electrons. The molecule has 4 rings (SSSR count). The van der Waals surface area contributed by atoms with Crippen molar-refractivity contribution < 1.29 is 4.74 Å². The zero-order chi connectivity index (χ0) is 22.0. The van der Waals surface area contributed by atoms with E-state index in [-0.39, 0.29) is 11.2 Å². The van der Waals surface area contributed by atoms with E-state index in [4.69, 9.17) is 16.3 Å². The number of nitrogens with zero attached hydrogens (tertiary/aromatic N) is 6. The van der Waals surface area contributed by atoms with Crippen LogP contribution in [0.15, 0.2) is 40.2 Å². The first-order chi connectivity index (χ1) is 15.0. The third-order valence-electron chi connectivity index (χ3n) is 5.84. The zero-order valence-corrected chi connectivity index (χ0v) is 18.6. The normalized spacial score (nSPS) is 15.6. The van der Waals surface area contributed by atoms with Crippen LogP contribution in [0.3, 0.4) is 0 Å². The van der Waals surface area contributed by atoms with Crippen molar-refractivity contribution in [3.63, 3.8) is 0 Å². The minimum absolute atomic E-state index is 0.307. The first-order valence-corrected chi connectivity index (χ1v) is 10.8. The summed E-state index contributed by atoms with van der Waals surface area (Å²) in [5.74, 6) is 0.721. The second-order valence-corrected chi connectivity index (χ2v) is 8.19. The highest BCUT2D eigenvalue weighted by Crippen LogP contribution is 2.22. The summed E-state index contributed by atoms with van der Waals surface area (Å²) >= 11 is 6.12. The predicted molar refractivity (Wildman–Crippen MR) is 120 cm³/mol. The van der Waals surface area contributed by atoms with E-state index in [1.165, 1.54) is 11.6 Å². The lowest BCUT2D eigenvalue weighted by Crippen LogP contribution is -2.48. The lowest BCUT2D eigenvalue weighted by molar-refractivity contribution is 0.114. The smallest absolute Gasteiger partial charge is 0.332 e. The van der Waals surface area contributed by atoms with Gasteiger partial charge in [-0.15, -0.1) is 0 Å². The van der Waals surface area contributed by atoms with Crippen LogP contribution >= 0.6 is 11.6 Å². The highest BCUT2D eigenvalue weighted by molar-refractivity contribution is 6.32. The lowest BCUT2D eigenvalue weighted by atomic mass is 10.3. The first-order valence-electron chi connectivity index (χ1n) is 10.4. The fourth-order valence-corrected chi connectivity index (χ4v) is 4.09. The minimum atomic E-state index is -0.364. The summed E-state index contributed by atoms with van der Waals surface area (Å²) < 4.78 is 10.2. The standard InChI is InChI=1S/C21H27ClN6O3/c1-24-19-18(20(29)25(2)21(24)30)28(15-23-19)12-11-26-7-9-27(10-8-26)13-14-31-17-6-4-3-5-16(17)22/h3-6,15H,7-14H2,1-2H3. The van der Waals surface area contributed by atoms with E-state index < -0.39 is 0 Å². The Labute approximate surface area is 185 Å². The largest absolute Gasteiger partial charge is 0.491 e. The van der Waals surface area contributed by atoms with Crippen molar-refractivity contribution in [3.05, 3.63) is 56.5 Å². The van der Waals surface area contributed by atoms with Gasteiger partial charge in [-0.25, -0.2) is 9.78 Å². The molecule has 1 aromatic carbocycles. The Morgan fingerprint density at radius 3 is 2.35 bits per heavy atom. The number of piperazine rings is 1.